The van der Waals surface area contributed by atoms with Gasteiger partial charge in [-0.15, -0.1) is 0 Å². The molecule has 0 aliphatic carbocycles. The lowest BCUT2D eigenvalue weighted by molar-refractivity contribution is 0.971. The number of hydrogen-bond donors (Lipinski definition) is 0. The third-order valence-corrected chi connectivity index (χ3v) is 5.26. The quantitative estimate of drug-likeness (QED) is 0.186. The molecule has 0 unspecified atom stereocenters. The van der Waals surface area contributed by atoms with Crippen LogP contribution < -0.4 is 0 Å². The maximum Gasteiger partial charge on any atom is 0.190 e. The van der Waals surface area contributed by atoms with Crippen molar-refractivity contribution in [2.24, 2.45) is 0 Å². The number of hydrogen-bond acceptors (Lipinski definition) is 7. The number of nitrogens with zero attached hydrogens (tertiary/aromatic N) is 5. The van der Waals surface area contributed by atoms with Crippen molar-refractivity contribution in [3.05, 3.63) is 64.1 Å². The van der Waals surface area contributed by atoms with Gasteiger partial charge in [0.25, 0.3) is 0 Å². The highest BCUT2D eigenvalue weighted by atomic mass is 35.5. The molecule has 5 nitrogen and oxygen atoms in total. The molecule has 10 heteroatoms. The van der Waals surface area contributed by atoms with Crippen molar-refractivity contribution in [2.75, 3.05) is 12.5 Å². The smallest absolute Gasteiger partial charge is 0.190 e. The lowest BCUT2D eigenvalue weighted by Crippen LogP contribution is -1.91. The van der Waals surface area contributed by atoms with Gasteiger partial charge in [0.15, 0.2) is 10.3 Å². The molecule has 0 spiro atoms. The van der Waals surface area contributed by atoms with Crippen LogP contribution in [0.1, 0.15) is 0 Å². The molecule has 3 aromatic heterocycles. The summed E-state index contributed by atoms with van der Waals surface area (Å²) >= 11 is 20.1. The molecule has 0 saturated heterocycles. The summed E-state index contributed by atoms with van der Waals surface area (Å²) in [6.45, 7) is 0. The van der Waals surface area contributed by atoms with Gasteiger partial charge >= 0.3 is 0 Å². The molecule has 29 heavy (non-hydrogen) atoms. The molecule has 0 amide bonds. The SMILES string of the molecule is CSc1nc(Cl)cc(-c2ccc3cccnc3c2)n1.CSc1nc(Cl)cc(Cl)n1. The Morgan fingerprint density at radius 1 is 0.724 bits per heavy atom. The predicted octanol–water partition coefficient (Wildman–Crippen LogP) is 6.57. The Bertz CT molecular complexity index is 1120. The Labute approximate surface area is 191 Å². The average molecular weight is 483 g/mol. The lowest BCUT2D eigenvalue weighted by Gasteiger charge is -2.05. The zero-order valence-corrected chi connectivity index (χ0v) is 19.2. The number of benzene rings is 1. The maximum atomic E-state index is 6.02. The molecule has 148 valence electrons. The van der Waals surface area contributed by atoms with Crippen molar-refractivity contribution in [3.8, 4) is 11.3 Å². The van der Waals surface area contributed by atoms with Crippen LogP contribution in [0.3, 0.4) is 0 Å². The summed E-state index contributed by atoms with van der Waals surface area (Å²) in [7, 11) is 0. The van der Waals surface area contributed by atoms with Crippen LogP contribution in [0.5, 0.6) is 0 Å². The number of fused-ring (bicyclic) bond motifs is 1. The molecule has 0 aliphatic heterocycles. The van der Waals surface area contributed by atoms with E-state index in [9.17, 15) is 0 Å². The highest BCUT2D eigenvalue weighted by molar-refractivity contribution is 7.98. The zero-order valence-electron chi connectivity index (χ0n) is 15.3. The Kier molecular flexibility index (Phi) is 7.91. The van der Waals surface area contributed by atoms with E-state index in [0.717, 1.165) is 22.2 Å². The van der Waals surface area contributed by atoms with E-state index in [-0.39, 0.29) is 0 Å². The first kappa shape index (κ1) is 22.1. The summed E-state index contributed by atoms with van der Waals surface area (Å²) < 4.78 is 0. The van der Waals surface area contributed by atoms with Crippen molar-refractivity contribution >= 4 is 69.2 Å². The van der Waals surface area contributed by atoms with E-state index in [0.29, 0.717) is 25.8 Å². The number of rotatable bonds is 3. The largest absolute Gasteiger partial charge is 0.256 e. The molecule has 1 aromatic carbocycles. The predicted molar refractivity (Wildman–Crippen MR) is 123 cm³/mol. The second-order valence-electron chi connectivity index (χ2n) is 5.47. The van der Waals surface area contributed by atoms with Gasteiger partial charge in [-0.1, -0.05) is 76.5 Å². The fourth-order valence-corrected chi connectivity index (χ4v) is 3.84. The molecular formula is C19H14Cl3N5S2. The molecule has 0 aliphatic rings. The van der Waals surface area contributed by atoms with Crippen LogP contribution in [-0.2, 0) is 0 Å². The van der Waals surface area contributed by atoms with Crippen molar-refractivity contribution in [1.82, 2.24) is 24.9 Å². The Morgan fingerprint density at radius 2 is 1.34 bits per heavy atom. The molecule has 0 saturated carbocycles. The highest BCUT2D eigenvalue weighted by Gasteiger charge is 2.06. The summed E-state index contributed by atoms with van der Waals surface area (Å²) in [5.41, 5.74) is 2.75. The van der Waals surface area contributed by atoms with Gasteiger partial charge in [-0.3, -0.25) is 4.98 Å². The molecule has 0 bridgehead atoms. The van der Waals surface area contributed by atoms with Crippen LogP contribution in [0.25, 0.3) is 22.2 Å². The number of thioether (sulfide) groups is 2. The van der Waals surface area contributed by atoms with Crippen molar-refractivity contribution in [3.63, 3.8) is 0 Å². The normalized spacial score (nSPS) is 10.5. The van der Waals surface area contributed by atoms with Gasteiger partial charge in [0.2, 0.25) is 0 Å². The molecule has 0 fully saturated rings. The van der Waals surface area contributed by atoms with Gasteiger partial charge in [0.05, 0.1) is 11.2 Å². The van der Waals surface area contributed by atoms with E-state index >= 15 is 0 Å². The lowest BCUT2D eigenvalue weighted by atomic mass is 10.1. The van der Waals surface area contributed by atoms with Crippen LogP contribution in [0.4, 0.5) is 0 Å². The topological polar surface area (TPSA) is 64.5 Å². The number of halogens is 3. The van der Waals surface area contributed by atoms with Gasteiger partial charge in [-0.25, -0.2) is 19.9 Å². The number of aromatic nitrogens is 5. The standard InChI is InChI=1S/C14H10ClN3S.C5H4Cl2N2S/c1-19-14-17-12(8-13(15)18-14)10-5-4-9-3-2-6-16-11(9)7-10;1-10-5-8-3(6)2-4(7)9-5/h2-8H,1H3;2H,1H3. The van der Waals surface area contributed by atoms with Crippen molar-refractivity contribution in [1.29, 1.82) is 0 Å². The first-order valence-corrected chi connectivity index (χ1v) is 11.7. The first-order chi connectivity index (χ1) is 14.0. The minimum absolute atomic E-state index is 0.379. The molecule has 3 heterocycles. The van der Waals surface area contributed by atoms with E-state index in [4.69, 9.17) is 34.8 Å². The van der Waals surface area contributed by atoms with E-state index in [2.05, 4.69) is 24.9 Å². The summed E-state index contributed by atoms with van der Waals surface area (Å²) in [5, 5.41) is 3.58. The fraction of sp³-hybridized carbons (Fsp3) is 0.105. The van der Waals surface area contributed by atoms with E-state index in [1.54, 1.807) is 12.3 Å². The molecule has 0 atom stereocenters. The van der Waals surface area contributed by atoms with Crippen molar-refractivity contribution < 1.29 is 0 Å². The average Bonchev–Trinajstić information content (AvgIpc) is 2.72. The van der Waals surface area contributed by atoms with Gasteiger partial charge in [0.1, 0.15) is 15.5 Å². The van der Waals surface area contributed by atoms with Crippen molar-refractivity contribution in [2.45, 2.75) is 10.3 Å². The molecule has 4 aromatic rings. The Hall–Kier alpha value is -1.64. The monoisotopic (exact) mass is 481 g/mol. The summed E-state index contributed by atoms with van der Waals surface area (Å²) in [5.74, 6) is 0. The van der Waals surface area contributed by atoms with Gasteiger partial charge in [-0.2, -0.15) is 0 Å². The van der Waals surface area contributed by atoms with Crippen LogP contribution >= 0.6 is 58.3 Å². The van der Waals surface area contributed by atoms with E-state index in [1.807, 2.05) is 42.8 Å². The highest BCUT2D eigenvalue weighted by Crippen LogP contribution is 2.25. The molecule has 4 rings (SSSR count). The van der Waals surface area contributed by atoms with Gasteiger partial charge < -0.3 is 0 Å². The Morgan fingerprint density at radius 3 is 2.00 bits per heavy atom. The van der Waals surface area contributed by atoms with Gasteiger partial charge in [0, 0.05) is 29.3 Å². The fourth-order valence-electron chi connectivity index (χ4n) is 2.32. The minimum atomic E-state index is 0.379. The van der Waals surface area contributed by atoms with Crippen LogP contribution in [0.2, 0.25) is 15.5 Å². The number of pyridine rings is 1. The minimum Gasteiger partial charge on any atom is -0.256 e. The Balaban J connectivity index is 0.000000204. The molecule has 0 radical (unpaired) electrons. The first-order valence-electron chi connectivity index (χ1n) is 8.16. The summed E-state index contributed by atoms with van der Waals surface area (Å²) in [6.07, 6.45) is 5.58. The molecule has 0 N–H and O–H groups in total. The van der Waals surface area contributed by atoms with Gasteiger partial charge in [-0.05, 0) is 24.6 Å². The summed E-state index contributed by atoms with van der Waals surface area (Å²) in [6, 6.07) is 13.3. The third-order valence-electron chi connectivity index (χ3n) is 3.58. The third kappa shape index (κ3) is 6.17. The molecular weight excluding hydrogens is 469 g/mol. The van der Waals surface area contributed by atoms with Crippen LogP contribution in [-0.4, -0.2) is 37.4 Å². The van der Waals surface area contributed by atoms with E-state index < -0.39 is 0 Å². The van der Waals surface area contributed by atoms with Crippen LogP contribution in [0, 0.1) is 0 Å². The second kappa shape index (κ2) is 10.4. The maximum absolute atomic E-state index is 6.02. The second-order valence-corrected chi connectivity index (χ2v) is 8.18. The summed E-state index contributed by atoms with van der Waals surface area (Å²) in [4.78, 5) is 20.7. The van der Waals surface area contributed by atoms with E-state index in [1.165, 1.54) is 29.6 Å². The van der Waals surface area contributed by atoms with Crippen LogP contribution in [0.15, 0.2) is 59.0 Å². The zero-order chi connectivity index (χ0) is 20.8.